The first kappa shape index (κ1) is 20.4. The molecule has 2 amide bonds. The Hall–Kier alpha value is -2.32. The quantitative estimate of drug-likeness (QED) is 0.546. The summed E-state index contributed by atoms with van der Waals surface area (Å²) in [5.74, 6) is 0.202. The molecule has 0 unspecified atom stereocenters. The van der Waals surface area contributed by atoms with Gasteiger partial charge in [0.1, 0.15) is 12.4 Å². The molecule has 0 spiro atoms. The fourth-order valence-electron chi connectivity index (χ4n) is 2.54. The number of hydrogen-bond acceptors (Lipinski definition) is 5. The van der Waals surface area contributed by atoms with Gasteiger partial charge in [-0.05, 0) is 64.5 Å². The van der Waals surface area contributed by atoms with Gasteiger partial charge in [-0.1, -0.05) is 18.2 Å². The lowest BCUT2D eigenvalue weighted by atomic mass is 10.1. The van der Waals surface area contributed by atoms with Gasteiger partial charge in [0, 0.05) is 12.6 Å². The molecule has 1 aliphatic rings. The van der Waals surface area contributed by atoms with Crippen LogP contribution >= 0.6 is 27.7 Å². The largest absolute Gasteiger partial charge is 0.490 e. The highest BCUT2D eigenvalue weighted by atomic mass is 79.9. The van der Waals surface area contributed by atoms with E-state index >= 15 is 0 Å². The fourth-order valence-corrected chi connectivity index (χ4v) is 3.94. The Bertz CT molecular complexity index is 963. The summed E-state index contributed by atoms with van der Waals surface area (Å²) in [6.07, 6.45) is 1.63. The van der Waals surface area contributed by atoms with Crippen molar-refractivity contribution in [1.82, 2.24) is 4.90 Å². The SMILES string of the molecule is CCOc1cc(/C=C2\SC(=O)N(C)C2=O)cc(Br)c1OCc1ccccc1F. The van der Waals surface area contributed by atoms with E-state index in [0.29, 0.717) is 38.6 Å². The van der Waals surface area contributed by atoms with Crippen molar-refractivity contribution >= 4 is 44.9 Å². The van der Waals surface area contributed by atoms with E-state index in [1.807, 2.05) is 6.92 Å². The van der Waals surface area contributed by atoms with Crippen molar-refractivity contribution < 1.29 is 23.5 Å². The number of amides is 2. The summed E-state index contributed by atoms with van der Waals surface area (Å²) in [5, 5.41) is -0.315. The minimum Gasteiger partial charge on any atom is -0.490 e. The molecule has 146 valence electrons. The van der Waals surface area contributed by atoms with Crippen LogP contribution in [0.25, 0.3) is 6.08 Å². The predicted molar refractivity (Wildman–Crippen MR) is 110 cm³/mol. The number of benzene rings is 2. The average molecular weight is 466 g/mol. The van der Waals surface area contributed by atoms with Crippen LogP contribution in [-0.4, -0.2) is 29.7 Å². The lowest BCUT2D eigenvalue weighted by Crippen LogP contribution is -2.22. The smallest absolute Gasteiger partial charge is 0.293 e. The second-order valence-electron chi connectivity index (χ2n) is 5.88. The van der Waals surface area contributed by atoms with E-state index in [-0.39, 0.29) is 23.6 Å². The normalized spacial score (nSPS) is 15.4. The first-order chi connectivity index (χ1) is 13.4. The van der Waals surface area contributed by atoms with Gasteiger partial charge in [-0.3, -0.25) is 14.5 Å². The molecule has 2 aromatic carbocycles. The number of imide groups is 1. The third kappa shape index (κ3) is 4.39. The molecule has 1 aliphatic heterocycles. The van der Waals surface area contributed by atoms with Crippen LogP contribution in [0, 0.1) is 5.82 Å². The summed E-state index contributed by atoms with van der Waals surface area (Å²) < 4.78 is 25.9. The summed E-state index contributed by atoms with van der Waals surface area (Å²) in [6, 6.07) is 9.86. The highest BCUT2D eigenvalue weighted by Gasteiger charge is 2.31. The number of ether oxygens (including phenoxy) is 2. The van der Waals surface area contributed by atoms with Crippen molar-refractivity contribution in [3.63, 3.8) is 0 Å². The Kier molecular flexibility index (Phi) is 6.41. The molecule has 0 saturated carbocycles. The van der Waals surface area contributed by atoms with Crippen LogP contribution in [0.1, 0.15) is 18.1 Å². The van der Waals surface area contributed by atoms with E-state index in [1.54, 1.807) is 36.4 Å². The van der Waals surface area contributed by atoms with Crippen LogP contribution in [0.4, 0.5) is 9.18 Å². The van der Waals surface area contributed by atoms with Crippen LogP contribution < -0.4 is 9.47 Å². The first-order valence-electron chi connectivity index (χ1n) is 8.44. The number of likely N-dealkylation sites (N-methyl/N-ethyl adjacent to an activating group) is 1. The summed E-state index contributed by atoms with van der Waals surface area (Å²) in [4.78, 5) is 25.2. The molecule has 0 aromatic heterocycles. The zero-order chi connectivity index (χ0) is 20.3. The summed E-state index contributed by atoms with van der Waals surface area (Å²) >= 11 is 4.34. The molecule has 8 heteroatoms. The first-order valence-corrected chi connectivity index (χ1v) is 10.1. The number of carbonyl (C=O) groups excluding carboxylic acids is 2. The fraction of sp³-hybridized carbons (Fsp3) is 0.200. The predicted octanol–water partition coefficient (Wildman–Crippen LogP) is 5.23. The topological polar surface area (TPSA) is 55.8 Å². The monoisotopic (exact) mass is 465 g/mol. The van der Waals surface area contributed by atoms with Crippen molar-refractivity contribution in [3.05, 3.63) is 62.7 Å². The van der Waals surface area contributed by atoms with E-state index < -0.39 is 0 Å². The zero-order valence-corrected chi connectivity index (χ0v) is 17.6. The molecular formula is C20H17BrFNO4S. The number of thioether (sulfide) groups is 1. The highest BCUT2D eigenvalue weighted by molar-refractivity contribution is 9.10. The maximum absolute atomic E-state index is 13.8. The zero-order valence-electron chi connectivity index (χ0n) is 15.2. The van der Waals surface area contributed by atoms with Crippen LogP contribution in [0.2, 0.25) is 0 Å². The standard InChI is InChI=1S/C20H17BrFNO4S/c1-3-26-16-9-12(10-17-19(24)23(2)20(25)28-17)8-14(21)18(16)27-11-13-6-4-5-7-15(13)22/h4-10H,3,11H2,1-2H3/b17-10-. The number of halogens is 2. The minimum atomic E-state index is -0.344. The maximum Gasteiger partial charge on any atom is 0.293 e. The van der Waals surface area contributed by atoms with Crippen LogP contribution in [-0.2, 0) is 11.4 Å². The molecule has 0 aliphatic carbocycles. The Morgan fingerprint density at radius 3 is 2.61 bits per heavy atom. The van der Waals surface area contributed by atoms with E-state index in [1.165, 1.54) is 13.1 Å². The third-order valence-electron chi connectivity index (χ3n) is 3.95. The molecule has 1 saturated heterocycles. The van der Waals surface area contributed by atoms with Gasteiger partial charge in [-0.2, -0.15) is 0 Å². The lowest BCUT2D eigenvalue weighted by molar-refractivity contribution is -0.121. The number of rotatable bonds is 6. The molecule has 1 heterocycles. The second kappa shape index (κ2) is 8.79. The van der Waals surface area contributed by atoms with Crippen molar-refractivity contribution in [1.29, 1.82) is 0 Å². The molecule has 0 bridgehead atoms. The molecule has 0 atom stereocenters. The molecule has 1 fully saturated rings. The van der Waals surface area contributed by atoms with Gasteiger partial charge in [0.05, 0.1) is 16.0 Å². The van der Waals surface area contributed by atoms with Gasteiger partial charge in [0.25, 0.3) is 11.1 Å². The van der Waals surface area contributed by atoms with E-state index in [2.05, 4.69) is 15.9 Å². The second-order valence-corrected chi connectivity index (χ2v) is 7.73. The minimum absolute atomic E-state index is 0.0411. The van der Waals surface area contributed by atoms with Crippen molar-refractivity contribution in [2.24, 2.45) is 0 Å². The molecule has 3 rings (SSSR count). The van der Waals surface area contributed by atoms with E-state index in [4.69, 9.17) is 9.47 Å². The summed E-state index contributed by atoms with van der Waals surface area (Å²) in [7, 11) is 1.44. The van der Waals surface area contributed by atoms with Crippen molar-refractivity contribution in [2.75, 3.05) is 13.7 Å². The Morgan fingerprint density at radius 1 is 1.21 bits per heavy atom. The Labute approximate surface area is 174 Å². The molecule has 0 N–H and O–H groups in total. The summed E-state index contributed by atoms with van der Waals surface area (Å²) in [6.45, 7) is 2.28. The van der Waals surface area contributed by atoms with Gasteiger partial charge in [-0.15, -0.1) is 0 Å². The van der Waals surface area contributed by atoms with Gasteiger partial charge in [0.2, 0.25) is 0 Å². The summed E-state index contributed by atoms with van der Waals surface area (Å²) in [5.41, 5.74) is 1.10. The van der Waals surface area contributed by atoms with Gasteiger partial charge < -0.3 is 9.47 Å². The van der Waals surface area contributed by atoms with Crippen molar-refractivity contribution in [2.45, 2.75) is 13.5 Å². The number of hydrogen-bond donors (Lipinski definition) is 0. The number of nitrogens with zero attached hydrogens (tertiary/aromatic N) is 1. The molecule has 2 aromatic rings. The van der Waals surface area contributed by atoms with Gasteiger partial charge in [0.15, 0.2) is 11.5 Å². The van der Waals surface area contributed by atoms with Crippen LogP contribution in [0.3, 0.4) is 0 Å². The molecule has 28 heavy (non-hydrogen) atoms. The lowest BCUT2D eigenvalue weighted by Gasteiger charge is -2.15. The van der Waals surface area contributed by atoms with E-state index in [9.17, 15) is 14.0 Å². The Morgan fingerprint density at radius 2 is 1.96 bits per heavy atom. The van der Waals surface area contributed by atoms with Crippen LogP contribution in [0.5, 0.6) is 11.5 Å². The molecular weight excluding hydrogens is 449 g/mol. The molecule has 5 nitrogen and oxygen atoms in total. The van der Waals surface area contributed by atoms with Crippen LogP contribution in [0.15, 0.2) is 45.8 Å². The van der Waals surface area contributed by atoms with E-state index in [0.717, 1.165) is 16.7 Å². The molecule has 0 radical (unpaired) electrons. The van der Waals surface area contributed by atoms with Gasteiger partial charge in [-0.25, -0.2) is 4.39 Å². The van der Waals surface area contributed by atoms with Crippen molar-refractivity contribution in [3.8, 4) is 11.5 Å². The third-order valence-corrected chi connectivity index (χ3v) is 5.50. The number of carbonyl (C=O) groups is 2. The maximum atomic E-state index is 13.8. The van der Waals surface area contributed by atoms with Gasteiger partial charge >= 0.3 is 0 Å². The Balaban J connectivity index is 1.89. The average Bonchev–Trinajstić information content (AvgIpc) is 2.89. The highest BCUT2D eigenvalue weighted by Crippen LogP contribution is 2.39.